The first-order valence-corrected chi connectivity index (χ1v) is 7.79. The van der Waals surface area contributed by atoms with Gasteiger partial charge >= 0.3 is 0 Å². The third kappa shape index (κ3) is 3.97. The van der Waals surface area contributed by atoms with E-state index in [2.05, 4.69) is 36.3 Å². The molecule has 1 fully saturated rings. The van der Waals surface area contributed by atoms with Crippen molar-refractivity contribution in [1.29, 1.82) is 0 Å². The minimum atomic E-state index is 0.322. The Hall–Kier alpha value is -1.06. The summed E-state index contributed by atoms with van der Waals surface area (Å²) in [6, 6.07) is 9.38. The van der Waals surface area contributed by atoms with Crippen molar-refractivity contribution < 1.29 is 4.74 Å². The van der Waals surface area contributed by atoms with E-state index in [1.165, 1.54) is 31.2 Å². The Bertz CT molecular complexity index is 402. The number of hydrogen-bond donors (Lipinski definition) is 1. The van der Waals surface area contributed by atoms with Gasteiger partial charge in [-0.15, -0.1) is 0 Å². The quantitative estimate of drug-likeness (QED) is 0.827. The standard InChI is InChI=1S/C17H28N2O/c1-14(16-10-6-7-11-17(16)20-3)18-12-13-19(2)15-8-4-5-9-15/h6-7,10-11,14-15,18H,4-5,8-9,12-13H2,1-3H3. The van der Waals surface area contributed by atoms with Crippen LogP contribution >= 0.6 is 0 Å². The highest BCUT2D eigenvalue weighted by Gasteiger charge is 2.19. The summed E-state index contributed by atoms with van der Waals surface area (Å²) in [5.41, 5.74) is 1.23. The Morgan fingerprint density at radius 3 is 2.70 bits per heavy atom. The van der Waals surface area contributed by atoms with E-state index < -0.39 is 0 Å². The van der Waals surface area contributed by atoms with Crippen molar-refractivity contribution in [3.05, 3.63) is 29.8 Å². The molecule has 0 radical (unpaired) electrons. The Kier molecular flexibility index (Phi) is 5.86. The highest BCUT2D eigenvalue weighted by atomic mass is 16.5. The maximum Gasteiger partial charge on any atom is 0.123 e. The summed E-state index contributed by atoms with van der Waals surface area (Å²) in [4.78, 5) is 2.51. The number of benzene rings is 1. The van der Waals surface area contributed by atoms with Gasteiger partial charge in [-0.25, -0.2) is 0 Å². The number of hydrogen-bond acceptors (Lipinski definition) is 3. The van der Waals surface area contributed by atoms with Crippen molar-refractivity contribution >= 4 is 0 Å². The molecule has 1 aromatic rings. The number of ether oxygens (including phenoxy) is 1. The van der Waals surface area contributed by atoms with Crippen LogP contribution in [0, 0.1) is 0 Å². The van der Waals surface area contributed by atoms with Crippen molar-refractivity contribution in [3.63, 3.8) is 0 Å². The first-order valence-electron chi connectivity index (χ1n) is 7.79. The minimum Gasteiger partial charge on any atom is -0.496 e. The zero-order chi connectivity index (χ0) is 14.4. The van der Waals surface area contributed by atoms with Gasteiger partial charge in [0, 0.05) is 30.7 Å². The van der Waals surface area contributed by atoms with E-state index in [1.54, 1.807) is 7.11 Å². The van der Waals surface area contributed by atoms with E-state index in [1.807, 2.05) is 12.1 Å². The summed E-state index contributed by atoms with van der Waals surface area (Å²) in [5.74, 6) is 0.969. The fourth-order valence-corrected chi connectivity index (χ4v) is 3.12. The molecular formula is C17H28N2O. The summed E-state index contributed by atoms with van der Waals surface area (Å²) >= 11 is 0. The van der Waals surface area contributed by atoms with Crippen LogP contribution in [0.1, 0.15) is 44.2 Å². The smallest absolute Gasteiger partial charge is 0.123 e. The SMILES string of the molecule is COc1ccccc1C(C)NCCN(C)C1CCCC1. The molecule has 0 aromatic heterocycles. The molecule has 1 atom stereocenters. The molecule has 1 aliphatic rings. The third-order valence-electron chi connectivity index (χ3n) is 4.47. The Morgan fingerprint density at radius 2 is 2.00 bits per heavy atom. The highest BCUT2D eigenvalue weighted by Crippen LogP contribution is 2.24. The molecule has 1 N–H and O–H groups in total. The molecule has 1 unspecified atom stereocenters. The Balaban J connectivity index is 1.78. The average Bonchev–Trinajstić information content (AvgIpc) is 3.01. The van der Waals surface area contributed by atoms with Crippen molar-refractivity contribution in [2.45, 2.75) is 44.7 Å². The number of nitrogens with one attached hydrogen (secondary N) is 1. The predicted molar refractivity (Wildman–Crippen MR) is 84.3 cm³/mol. The van der Waals surface area contributed by atoms with Crippen LogP contribution in [0.25, 0.3) is 0 Å². The molecule has 112 valence electrons. The lowest BCUT2D eigenvalue weighted by Gasteiger charge is -2.25. The molecule has 2 rings (SSSR count). The lowest BCUT2D eigenvalue weighted by molar-refractivity contribution is 0.242. The fourth-order valence-electron chi connectivity index (χ4n) is 3.12. The van der Waals surface area contributed by atoms with Crippen LogP contribution in [-0.2, 0) is 0 Å². The third-order valence-corrected chi connectivity index (χ3v) is 4.47. The van der Waals surface area contributed by atoms with E-state index >= 15 is 0 Å². The summed E-state index contributed by atoms with van der Waals surface area (Å²) in [6.45, 7) is 4.34. The molecule has 0 amide bonds. The second kappa shape index (κ2) is 7.65. The summed E-state index contributed by atoms with van der Waals surface area (Å²) < 4.78 is 5.42. The zero-order valence-corrected chi connectivity index (χ0v) is 13.1. The zero-order valence-electron chi connectivity index (χ0n) is 13.1. The van der Waals surface area contributed by atoms with Gasteiger partial charge in [0.1, 0.15) is 5.75 Å². The Labute approximate surface area is 123 Å². The van der Waals surface area contributed by atoms with E-state index in [9.17, 15) is 0 Å². The molecule has 3 heteroatoms. The molecule has 0 bridgehead atoms. The molecule has 3 nitrogen and oxygen atoms in total. The normalized spacial score (nSPS) is 17.6. The van der Waals surface area contributed by atoms with E-state index in [-0.39, 0.29) is 0 Å². The topological polar surface area (TPSA) is 24.5 Å². The summed E-state index contributed by atoms with van der Waals surface area (Å²) in [5, 5.41) is 3.61. The van der Waals surface area contributed by atoms with Gasteiger partial charge < -0.3 is 15.0 Å². The summed E-state index contributed by atoms with van der Waals surface area (Å²) in [6.07, 6.45) is 5.55. The van der Waals surface area contributed by atoms with Gasteiger partial charge in [0.25, 0.3) is 0 Å². The van der Waals surface area contributed by atoms with Gasteiger partial charge in [0.15, 0.2) is 0 Å². The Morgan fingerprint density at radius 1 is 1.30 bits per heavy atom. The average molecular weight is 276 g/mol. The van der Waals surface area contributed by atoms with Gasteiger partial charge in [-0.1, -0.05) is 31.0 Å². The first kappa shape index (κ1) is 15.3. The molecule has 20 heavy (non-hydrogen) atoms. The van der Waals surface area contributed by atoms with Crippen LogP contribution in [0.5, 0.6) is 5.75 Å². The van der Waals surface area contributed by atoms with Crippen LogP contribution in [-0.4, -0.2) is 38.2 Å². The lowest BCUT2D eigenvalue weighted by Crippen LogP contribution is -2.36. The van der Waals surface area contributed by atoms with Crippen LogP contribution in [0.4, 0.5) is 0 Å². The fraction of sp³-hybridized carbons (Fsp3) is 0.647. The number of nitrogens with zero attached hydrogens (tertiary/aromatic N) is 1. The number of rotatable bonds is 7. The number of para-hydroxylation sites is 1. The number of likely N-dealkylation sites (N-methyl/N-ethyl adjacent to an activating group) is 1. The van der Waals surface area contributed by atoms with Gasteiger partial charge in [0.05, 0.1) is 7.11 Å². The molecule has 1 saturated carbocycles. The van der Waals surface area contributed by atoms with Gasteiger partial charge in [-0.3, -0.25) is 0 Å². The summed E-state index contributed by atoms with van der Waals surface area (Å²) in [7, 11) is 3.99. The lowest BCUT2D eigenvalue weighted by atomic mass is 10.1. The first-order chi connectivity index (χ1) is 9.72. The van der Waals surface area contributed by atoms with Gasteiger partial charge in [0.2, 0.25) is 0 Å². The molecule has 1 aliphatic carbocycles. The van der Waals surface area contributed by atoms with Gasteiger partial charge in [-0.05, 0) is 32.9 Å². The van der Waals surface area contributed by atoms with Crippen molar-refractivity contribution in [2.75, 3.05) is 27.2 Å². The maximum absolute atomic E-state index is 5.42. The van der Waals surface area contributed by atoms with Gasteiger partial charge in [-0.2, -0.15) is 0 Å². The molecule has 0 spiro atoms. The largest absolute Gasteiger partial charge is 0.496 e. The van der Waals surface area contributed by atoms with E-state index in [4.69, 9.17) is 4.74 Å². The molecule has 1 aromatic carbocycles. The van der Waals surface area contributed by atoms with Crippen molar-refractivity contribution in [1.82, 2.24) is 10.2 Å². The second-order valence-corrected chi connectivity index (χ2v) is 5.84. The molecular weight excluding hydrogens is 248 g/mol. The monoisotopic (exact) mass is 276 g/mol. The molecule has 0 aliphatic heterocycles. The highest BCUT2D eigenvalue weighted by molar-refractivity contribution is 5.35. The van der Waals surface area contributed by atoms with Crippen LogP contribution in [0.3, 0.4) is 0 Å². The molecule has 0 heterocycles. The van der Waals surface area contributed by atoms with Crippen molar-refractivity contribution in [3.8, 4) is 5.75 Å². The van der Waals surface area contributed by atoms with Crippen molar-refractivity contribution in [2.24, 2.45) is 0 Å². The number of methoxy groups -OCH3 is 1. The molecule has 0 saturated heterocycles. The minimum absolute atomic E-state index is 0.322. The van der Waals surface area contributed by atoms with Crippen LogP contribution < -0.4 is 10.1 Å². The van der Waals surface area contributed by atoms with E-state index in [0.717, 1.165) is 24.9 Å². The van der Waals surface area contributed by atoms with Crippen LogP contribution in [0.15, 0.2) is 24.3 Å². The van der Waals surface area contributed by atoms with Crippen LogP contribution in [0.2, 0.25) is 0 Å². The second-order valence-electron chi connectivity index (χ2n) is 5.84. The predicted octanol–water partition coefficient (Wildman–Crippen LogP) is 3.22. The maximum atomic E-state index is 5.42. The van der Waals surface area contributed by atoms with E-state index in [0.29, 0.717) is 6.04 Å².